The quantitative estimate of drug-likeness (QED) is 0.592. The minimum absolute atomic E-state index is 0.329. The van der Waals surface area contributed by atoms with Crippen molar-refractivity contribution >= 4 is 17.2 Å². The van der Waals surface area contributed by atoms with Crippen molar-refractivity contribution in [2.24, 2.45) is 7.05 Å². The van der Waals surface area contributed by atoms with Crippen LogP contribution in [-0.4, -0.2) is 48.7 Å². The van der Waals surface area contributed by atoms with E-state index in [4.69, 9.17) is 5.10 Å². The maximum absolute atomic E-state index is 4.75. The molecular weight excluding hydrogens is 352 g/mol. The molecule has 8 nitrogen and oxygen atoms in total. The summed E-state index contributed by atoms with van der Waals surface area (Å²) in [5, 5.41) is 21.2. The van der Waals surface area contributed by atoms with Gasteiger partial charge in [0.2, 0.25) is 0 Å². The van der Waals surface area contributed by atoms with Crippen LogP contribution in [0.4, 0.5) is 11.5 Å². The van der Waals surface area contributed by atoms with Gasteiger partial charge in [-0.15, -0.1) is 15.3 Å². The fourth-order valence-electron chi connectivity index (χ4n) is 3.74. The average molecular weight is 374 g/mol. The molecule has 0 radical (unpaired) electrons. The molecule has 0 amide bonds. The Morgan fingerprint density at radius 2 is 1.96 bits per heavy atom. The van der Waals surface area contributed by atoms with E-state index in [0.717, 1.165) is 48.8 Å². The number of hydrogen-bond acceptors (Lipinski definition) is 6. The third-order valence-electron chi connectivity index (χ3n) is 5.12. The molecule has 4 aromatic rings. The number of rotatable bonds is 4. The highest BCUT2D eigenvalue weighted by Gasteiger charge is 2.21. The Hall–Kier alpha value is -3.42. The van der Waals surface area contributed by atoms with Crippen LogP contribution in [0.25, 0.3) is 17.0 Å². The number of anilines is 2. The zero-order chi connectivity index (χ0) is 18.9. The second-order valence-electron chi connectivity index (χ2n) is 7.18. The molecule has 3 aromatic heterocycles. The molecule has 1 saturated heterocycles. The van der Waals surface area contributed by atoms with Crippen LogP contribution in [0.15, 0.2) is 54.9 Å². The predicted molar refractivity (Wildman–Crippen MR) is 108 cm³/mol. The summed E-state index contributed by atoms with van der Waals surface area (Å²) in [7, 11) is 1.95. The summed E-state index contributed by atoms with van der Waals surface area (Å²) in [5.74, 6) is 1.59. The largest absolute Gasteiger partial charge is 0.367 e. The fraction of sp³-hybridized carbons (Fsp3) is 0.300. The predicted octanol–water partition coefficient (Wildman–Crippen LogP) is 2.61. The van der Waals surface area contributed by atoms with E-state index in [1.54, 1.807) is 4.52 Å². The summed E-state index contributed by atoms with van der Waals surface area (Å²) in [6.07, 6.45) is 6.24. The third-order valence-corrected chi connectivity index (χ3v) is 5.12. The van der Waals surface area contributed by atoms with Gasteiger partial charge in [-0.05, 0) is 25.0 Å². The van der Waals surface area contributed by atoms with Gasteiger partial charge in [0.15, 0.2) is 11.5 Å². The van der Waals surface area contributed by atoms with Gasteiger partial charge >= 0.3 is 0 Å². The zero-order valence-electron chi connectivity index (χ0n) is 15.7. The summed E-state index contributed by atoms with van der Waals surface area (Å²) in [4.78, 5) is 2.38. The lowest BCUT2D eigenvalue weighted by atomic mass is 10.1. The third kappa shape index (κ3) is 3.17. The molecule has 1 aliphatic heterocycles. The van der Waals surface area contributed by atoms with Crippen molar-refractivity contribution in [3.8, 4) is 11.4 Å². The smallest absolute Gasteiger partial charge is 0.185 e. The average Bonchev–Trinajstić information content (AvgIpc) is 3.35. The normalized spacial score (nSPS) is 17.2. The number of aryl methyl sites for hydroxylation is 1. The van der Waals surface area contributed by atoms with Crippen LogP contribution in [0.5, 0.6) is 0 Å². The molecule has 1 atom stereocenters. The van der Waals surface area contributed by atoms with Gasteiger partial charge in [-0.1, -0.05) is 30.3 Å². The number of benzene rings is 1. The second kappa shape index (κ2) is 6.95. The number of fused-ring (bicyclic) bond motifs is 1. The van der Waals surface area contributed by atoms with Gasteiger partial charge in [0.1, 0.15) is 5.82 Å². The van der Waals surface area contributed by atoms with Crippen LogP contribution in [0.2, 0.25) is 0 Å². The van der Waals surface area contributed by atoms with Gasteiger partial charge in [-0.25, -0.2) is 0 Å². The Kier molecular flexibility index (Phi) is 4.16. The Morgan fingerprint density at radius 3 is 2.79 bits per heavy atom. The van der Waals surface area contributed by atoms with Crippen LogP contribution in [0.1, 0.15) is 12.8 Å². The molecule has 1 fully saturated rings. The topological polar surface area (TPSA) is 76.2 Å². The minimum atomic E-state index is 0.329. The van der Waals surface area contributed by atoms with E-state index >= 15 is 0 Å². The number of aromatic nitrogens is 6. The van der Waals surface area contributed by atoms with Crippen LogP contribution in [-0.2, 0) is 7.05 Å². The summed E-state index contributed by atoms with van der Waals surface area (Å²) < 4.78 is 3.65. The number of piperidine rings is 1. The zero-order valence-corrected chi connectivity index (χ0v) is 15.7. The molecule has 28 heavy (non-hydrogen) atoms. The van der Waals surface area contributed by atoms with Crippen molar-refractivity contribution in [3.63, 3.8) is 0 Å². The van der Waals surface area contributed by atoms with Crippen molar-refractivity contribution in [2.75, 3.05) is 23.3 Å². The van der Waals surface area contributed by atoms with Crippen LogP contribution < -0.4 is 10.2 Å². The van der Waals surface area contributed by atoms with E-state index in [1.165, 1.54) is 5.69 Å². The SMILES string of the molecule is Cn1cc(N2CCCC(Nc3ccc4nnc(-c5ccccc5)n4n3)C2)cn1. The lowest BCUT2D eigenvalue weighted by Crippen LogP contribution is -2.42. The first-order chi connectivity index (χ1) is 13.8. The molecular formula is C20H22N8. The summed E-state index contributed by atoms with van der Waals surface area (Å²) in [6, 6.07) is 14.3. The highest BCUT2D eigenvalue weighted by atomic mass is 15.4. The number of hydrogen-bond donors (Lipinski definition) is 1. The lowest BCUT2D eigenvalue weighted by molar-refractivity contribution is 0.528. The monoisotopic (exact) mass is 374 g/mol. The van der Waals surface area contributed by atoms with Crippen LogP contribution >= 0.6 is 0 Å². The Morgan fingerprint density at radius 1 is 1.07 bits per heavy atom. The van der Waals surface area contributed by atoms with E-state index in [9.17, 15) is 0 Å². The Bertz CT molecular complexity index is 1080. The van der Waals surface area contributed by atoms with E-state index in [1.807, 2.05) is 60.4 Å². The summed E-state index contributed by atoms with van der Waals surface area (Å²) >= 11 is 0. The lowest BCUT2D eigenvalue weighted by Gasteiger charge is -2.34. The van der Waals surface area contributed by atoms with Crippen molar-refractivity contribution < 1.29 is 0 Å². The maximum atomic E-state index is 4.75. The van der Waals surface area contributed by atoms with Crippen LogP contribution in [0.3, 0.4) is 0 Å². The Balaban J connectivity index is 1.37. The molecule has 1 unspecified atom stereocenters. The van der Waals surface area contributed by atoms with Crippen molar-refractivity contribution in [3.05, 3.63) is 54.9 Å². The van der Waals surface area contributed by atoms with E-state index in [-0.39, 0.29) is 0 Å². The van der Waals surface area contributed by atoms with Crippen molar-refractivity contribution in [1.29, 1.82) is 0 Å². The van der Waals surface area contributed by atoms with E-state index in [0.29, 0.717) is 6.04 Å². The first-order valence-electron chi connectivity index (χ1n) is 9.54. The van der Waals surface area contributed by atoms with Gasteiger partial charge in [0, 0.05) is 37.9 Å². The van der Waals surface area contributed by atoms with Gasteiger partial charge in [0.25, 0.3) is 0 Å². The number of nitrogens with one attached hydrogen (secondary N) is 1. The van der Waals surface area contributed by atoms with E-state index in [2.05, 4.69) is 31.7 Å². The summed E-state index contributed by atoms with van der Waals surface area (Å²) in [5.41, 5.74) is 2.91. The molecule has 5 rings (SSSR count). The Labute approximate surface area is 162 Å². The molecule has 1 aliphatic rings. The molecule has 4 heterocycles. The van der Waals surface area contributed by atoms with E-state index < -0.39 is 0 Å². The van der Waals surface area contributed by atoms with Gasteiger partial charge in [0.05, 0.1) is 11.9 Å². The molecule has 0 saturated carbocycles. The second-order valence-corrected chi connectivity index (χ2v) is 7.18. The van der Waals surface area contributed by atoms with Crippen molar-refractivity contribution in [2.45, 2.75) is 18.9 Å². The van der Waals surface area contributed by atoms with Crippen molar-refractivity contribution in [1.82, 2.24) is 29.6 Å². The first-order valence-corrected chi connectivity index (χ1v) is 9.54. The highest BCUT2D eigenvalue weighted by Crippen LogP contribution is 2.22. The summed E-state index contributed by atoms with van der Waals surface area (Å²) in [6.45, 7) is 1.99. The first kappa shape index (κ1) is 16.7. The number of nitrogens with zero attached hydrogens (tertiary/aromatic N) is 7. The molecule has 0 spiro atoms. The molecule has 8 heteroatoms. The molecule has 0 bridgehead atoms. The van der Waals surface area contributed by atoms with Gasteiger partial charge in [-0.3, -0.25) is 4.68 Å². The standard InChI is InChI=1S/C20H22N8/c1-26-14-17(12-21-26)27-11-5-8-16(13-27)22-18-9-10-19-23-24-20(28(19)25-18)15-6-3-2-4-7-15/h2-4,6-7,9-10,12,14,16H,5,8,11,13H2,1H3,(H,22,25). The van der Waals surface area contributed by atoms with Gasteiger partial charge < -0.3 is 10.2 Å². The fourth-order valence-corrected chi connectivity index (χ4v) is 3.74. The highest BCUT2D eigenvalue weighted by molar-refractivity contribution is 5.59. The molecule has 1 aromatic carbocycles. The van der Waals surface area contributed by atoms with Gasteiger partial charge in [-0.2, -0.15) is 9.61 Å². The minimum Gasteiger partial charge on any atom is -0.367 e. The molecule has 142 valence electrons. The maximum Gasteiger partial charge on any atom is 0.185 e. The molecule has 1 N–H and O–H groups in total. The molecule has 0 aliphatic carbocycles. The van der Waals surface area contributed by atoms with Crippen LogP contribution in [0, 0.1) is 0 Å².